The molecule has 4 aromatic carbocycles. The summed E-state index contributed by atoms with van der Waals surface area (Å²) in [5, 5.41) is 7.65. The summed E-state index contributed by atoms with van der Waals surface area (Å²) < 4.78 is 0. The quantitative estimate of drug-likeness (QED) is 0.306. The Kier molecular flexibility index (Phi) is 3.29. The van der Waals surface area contributed by atoms with Crippen LogP contribution in [0.25, 0.3) is 43.6 Å². The summed E-state index contributed by atoms with van der Waals surface area (Å²) in [6.45, 7) is 4.30. The zero-order chi connectivity index (χ0) is 17.7. The molecule has 124 valence electrons. The fourth-order valence-corrected chi connectivity index (χ4v) is 4.18. The highest BCUT2D eigenvalue weighted by Crippen LogP contribution is 2.39. The van der Waals surface area contributed by atoms with Gasteiger partial charge in [0.05, 0.1) is 5.69 Å². The molecule has 0 N–H and O–H groups in total. The Labute approximate surface area is 152 Å². The first-order chi connectivity index (χ1) is 12.7. The second kappa shape index (κ2) is 5.67. The Morgan fingerprint density at radius 1 is 0.577 bits per heavy atom. The summed E-state index contributed by atoms with van der Waals surface area (Å²) in [5.41, 5.74) is 4.79. The van der Waals surface area contributed by atoms with E-state index < -0.39 is 0 Å². The van der Waals surface area contributed by atoms with Gasteiger partial charge in [0.2, 0.25) is 0 Å². The predicted molar refractivity (Wildman–Crippen MR) is 112 cm³/mol. The van der Waals surface area contributed by atoms with Crippen LogP contribution in [0.5, 0.6) is 0 Å². The lowest BCUT2D eigenvalue weighted by Gasteiger charge is -2.14. The van der Waals surface area contributed by atoms with Gasteiger partial charge in [0.25, 0.3) is 0 Å². The Morgan fingerprint density at radius 2 is 1.08 bits per heavy atom. The van der Waals surface area contributed by atoms with Gasteiger partial charge in [0.1, 0.15) is 0 Å². The summed E-state index contributed by atoms with van der Waals surface area (Å²) >= 11 is 0. The van der Waals surface area contributed by atoms with Gasteiger partial charge in [0.15, 0.2) is 0 Å². The van der Waals surface area contributed by atoms with Gasteiger partial charge in [-0.3, -0.25) is 4.98 Å². The van der Waals surface area contributed by atoms with Gasteiger partial charge < -0.3 is 0 Å². The van der Waals surface area contributed by atoms with E-state index in [0.717, 1.165) is 5.69 Å². The van der Waals surface area contributed by atoms with Crippen LogP contribution in [0.3, 0.4) is 0 Å². The maximum Gasteiger partial charge on any atom is 0.0786 e. The van der Waals surface area contributed by atoms with E-state index in [4.69, 9.17) is 4.98 Å². The Balaban J connectivity index is 2.04. The van der Waals surface area contributed by atoms with Crippen LogP contribution in [0.15, 0.2) is 79.0 Å². The molecule has 5 aromatic rings. The largest absolute Gasteiger partial charge is 0.256 e. The van der Waals surface area contributed by atoms with Crippen molar-refractivity contribution in [2.75, 3.05) is 0 Å². The molecule has 1 nitrogen and oxygen atoms in total. The van der Waals surface area contributed by atoms with Crippen molar-refractivity contribution in [2.45, 2.75) is 13.8 Å². The van der Waals surface area contributed by atoms with Crippen LogP contribution in [0.1, 0.15) is 11.1 Å². The molecule has 0 aliphatic carbocycles. The third-order valence-electron chi connectivity index (χ3n) is 5.15. The molecular weight excluding hydrogens is 314 g/mol. The zero-order valence-corrected chi connectivity index (χ0v) is 15.0. The molecule has 0 aliphatic heterocycles. The van der Waals surface area contributed by atoms with Crippen molar-refractivity contribution in [3.05, 3.63) is 90.1 Å². The molecule has 0 spiro atoms. The summed E-state index contributed by atoms with van der Waals surface area (Å²) in [5.74, 6) is 0. The topological polar surface area (TPSA) is 12.9 Å². The number of benzene rings is 4. The van der Waals surface area contributed by atoms with E-state index in [1.807, 2.05) is 6.20 Å². The molecule has 0 amide bonds. The third kappa shape index (κ3) is 2.21. The van der Waals surface area contributed by atoms with Crippen LogP contribution in [0.2, 0.25) is 0 Å². The van der Waals surface area contributed by atoms with E-state index >= 15 is 0 Å². The molecule has 0 bridgehead atoms. The fourth-order valence-electron chi connectivity index (χ4n) is 4.18. The number of fused-ring (bicyclic) bond motifs is 6. The van der Waals surface area contributed by atoms with Crippen LogP contribution in [-0.2, 0) is 0 Å². The first-order valence-electron chi connectivity index (χ1n) is 8.99. The van der Waals surface area contributed by atoms with Crippen molar-refractivity contribution < 1.29 is 0 Å². The van der Waals surface area contributed by atoms with Crippen LogP contribution in [-0.4, -0.2) is 4.98 Å². The summed E-state index contributed by atoms with van der Waals surface area (Å²) in [7, 11) is 0. The number of nitrogens with zero attached hydrogens (tertiary/aromatic N) is 1. The average molecular weight is 333 g/mol. The maximum atomic E-state index is 4.82. The van der Waals surface area contributed by atoms with Crippen molar-refractivity contribution in [2.24, 2.45) is 0 Å². The van der Waals surface area contributed by atoms with Crippen molar-refractivity contribution in [1.29, 1.82) is 0 Å². The second-order valence-electron chi connectivity index (χ2n) is 7.05. The van der Waals surface area contributed by atoms with Gasteiger partial charge in [-0.25, -0.2) is 0 Å². The molecule has 26 heavy (non-hydrogen) atoms. The Morgan fingerprint density at radius 3 is 1.69 bits per heavy atom. The fraction of sp³-hybridized carbons (Fsp3) is 0.0800. The molecule has 0 saturated heterocycles. The number of aromatic nitrogens is 1. The van der Waals surface area contributed by atoms with Gasteiger partial charge in [-0.2, -0.15) is 0 Å². The molecule has 1 heterocycles. The lowest BCUT2D eigenvalue weighted by atomic mass is 9.91. The predicted octanol–water partition coefficient (Wildman–Crippen LogP) is 6.83. The number of rotatable bonds is 1. The van der Waals surface area contributed by atoms with Crippen LogP contribution < -0.4 is 0 Å². The van der Waals surface area contributed by atoms with Gasteiger partial charge in [-0.05, 0) is 59.0 Å². The summed E-state index contributed by atoms with van der Waals surface area (Å²) in [4.78, 5) is 4.82. The molecule has 0 fully saturated rings. The molecule has 1 aromatic heterocycles. The second-order valence-corrected chi connectivity index (χ2v) is 7.05. The van der Waals surface area contributed by atoms with Crippen LogP contribution >= 0.6 is 0 Å². The van der Waals surface area contributed by atoms with Gasteiger partial charge in [0, 0.05) is 17.1 Å². The van der Waals surface area contributed by atoms with Gasteiger partial charge in [-0.1, -0.05) is 65.7 Å². The molecule has 1 heteroatoms. The number of pyridine rings is 1. The number of aryl methyl sites for hydroxylation is 2. The Hall–Kier alpha value is -3.19. The molecule has 0 aliphatic rings. The molecule has 0 radical (unpaired) electrons. The molecule has 0 unspecified atom stereocenters. The average Bonchev–Trinajstić information content (AvgIpc) is 2.67. The van der Waals surface area contributed by atoms with E-state index in [9.17, 15) is 0 Å². The molecular formula is C25H19N. The third-order valence-corrected chi connectivity index (χ3v) is 5.15. The minimum atomic E-state index is 1.07. The normalized spacial score (nSPS) is 11.5. The van der Waals surface area contributed by atoms with Crippen LogP contribution in [0, 0.1) is 13.8 Å². The van der Waals surface area contributed by atoms with Crippen molar-refractivity contribution in [1.82, 2.24) is 4.98 Å². The SMILES string of the molecule is Cc1cc(C)cc(-c2nccc3c4ccccc4c4ccccc4c23)c1. The van der Waals surface area contributed by atoms with E-state index in [-0.39, 0.29) is 0 Å². The first kappa shape index (κ1) is 15.1. The highest BCUT2D eigenvalue weighted by molar-refractivity contribution is 6.27. The molecule has 0 saturated carbocycles. The summed E-state index contributed by atoms with van der Waals surface area (Å²) in [6.07, 6.45) is 1.94. The lowest BCUT2D eigenvalue weighted by Crippen LogP contribution is -1.91. The van der Waals surface area contributed by atoms with Gasteiger partial charge >= 0.3 is 0 Å². The minimum absolute atomic E-state index is 1.07. The number of hydrogen-bond acceptors (Lipinski definition) is 1. The van der Waals surface area contributed by atoms with Crippen molar-refractivity contribution in [3.63, 3.8) is 0 Å². The van der Waals surface area contributed by atoms with Crippen LogP contribution in [0.4, 0.5) is 0 Å². The summed E-state index contributed by atoms with van der Waals surface area (Å²) in [6, 6.07) is 26.2. The smallest absolute Gasteiger partial charge is 0.0786 e. The van der Waals surface area contributed by atoms with Crippen molar-refractivity contribution >= 4 is 32.3 Å². The molecule has 0 atom stereocenters. The lowest BCUT2D eigenvalue weighted by molar-refractivity contribution is 1.33. The maximum absolute atomic E-state index is 4.82. The number of hydrogen-bond donors (Lipinski definition) is 0. The minimum Gasteiger partial charge on any atom is -0.256 e. The zero-order valence-electron chi connectivity index (χ0n) is 15.0. The highest BCUT2D eigenvalue weighted by atomic mass is 14.7. The van der Waals surface area contributed by atoms with E-state index in [0.29, 0.717) is 0 Å². The van der Waals surface area contributed by atoms with E-state index in [1.165, 1.54) is 49.0 Å². The monoisotopic (exact) mass is 333 g/mol. The van der Waals surface area contributed by atoms with Crippen molar-refractivity contribution in [3.8, 4) is 11.3 Å². The standard InChI is InChI=1S/C25H19N/c1-16-13-17(2)15-18(14-16)25-24-22-10-6-5-8-20(22)19-7-3-4-9-21(19)23(24)11-12-26-25/h3-15H,1-2H3. The first-order valence-corrected chi connectivity index (χ1v) is 8.99. The highest BCUT2D eigenvalue weighted by Gasteiger charge is 2.13. The Bertz CT molecular complexity index is 1230. The van der Waals surface area contributed by atoms with Gasteiger partial charge in [-0.15, -0.1) is 0 Å². The molecule has 5 rings (SSSR count). The van der Waals surface area contributed by atoms with E-state index in [1.54, 1.807) is 0 Å². The van der Waals surface area contributed by atoms with E-state index in [2.05, 4.69) is 86.6 Å².